The van der Waals surface area contributed by atoms with Crippen LogP contribution in [0, 0.1) is 5.92 Å². The molecule has 0 bridgehead atoms. The summed E-state index contributed by atoms with van der Waals surface area (Å²) in [6.07, 6.45) is -2.95. The van der Waals surface area contributed by atoms with Crippen LogP contribution in [0.25, 0.3) is 11.6 Å². The number of nitrogens with zero attached hydrogens (tertiary/aromatic N) is 4. The van der Waals surface area contributed by atoms with Gasteiger partial charge in [-0.1, -0.05) is 73.0 Å². The molecule has 39 heavy (non-hydrogen) atoms. The molecule has 0 saturated heterocycles. The number of Topliss-reactive ketones (excluding diaryl/α,β-unsaturated/α-hetero) is 1. The molecule has 4 aromatic rings. The van der Waals surface area contributed by atoms with Crippen LogP contribution in [-0.4, -0.2) is 32.8 Å². The van der Waals surface area contributed by atoms with Gasteiger partial charge in [0.15, 0.2) is 11.9 Å². The number of halogens is 3. The zero-order valence-corrected chi connectivity index (χ0v) is 20.9. The van der Waals surface area contributed by atoms with Crippen LogP contribution in [0.5, 0.6) is 0 Å². The van der Waals surface area contributed by atoms with Gasteiger partial charge >= 0.3 is 12.2 Å². The van der Waals surface area contributed by atoms with Crippen molar-refractivity contribution in [1.29, 1.82) is 0 Å². The molecule has 1 aliphatic heterocycles. The van der Waals surface area contributed by atoms with E-state index >= 15 is 0 Å². The molecule has 1 saturated carbocycles. The average Bonchev–Trinajstić information content (AvgIpc) is 3.61. The molecule has 0 radical (unpaired) electrons. The predicted octanol–water partition coefficient (Wildman–Crippen LogP) is 6.06. The van der Waals surface area contributed by atoms with E-state index in [9.17, 15) is 18.0 Å². The molecule has 0 amide bonds. The summed E-state index contributed by atoms with van der Waals surface area (Å²) in [6, 6.07) is 18.2. The number of hydrogen-bond acceptors (Lipinski definition) is 7. The molecule has 0 unspecified atom stereocenters. The maximum absolute atomic E-state index is 13.4. The summed E-state index contributed by atoms with van der Waals surface area (Å²) in [5.74, 6) is 0.0263. The van der Waals surface area contributed by atoms with Gasteiger partial charge in [0.05, 0.1) is 11.3 Å². The fourth-order valence-electron chi connectivity index (χ4n) is 5.07. The summed E-state index contributed by atoms with van der Waals surface area (Å²) in [5.41, 5.74) is 3.07. The van der Waals surface area contributed by atoms with Crippen LogP contribution in [-0.2, 0) is 17.4 Å². The lowest BCUT2D eigenvalue weighted by Crippen LogP contribution is -2.29. The van der Waals surface area contributed by atoms with E-state index in [4.69, 9.17) is 9.41 Å². The van der Waals surface area contributed by atoms with Crippen LogP contribution in [0.2, 0.25) is 0 Å². The first kappa shape index (κ1) is 25.0. The van der Waals surface area contributed by atoms with E-state index in [1.807, 2.05) is 61.5 Å². The van der Waals surface area contributed by atoms with Gasteiger partial charge in [0.1, 0.15) is 5.69 Å². The number of anilines is 1. The summed E-state index contributed by atoms with van der Waals surface area (Å²) in [5, 5.41) is 11.0. The third-order valence-electron chi connectivity index (χ3n) is 7.23. The zero-order valence-electron chi connectivity index (χ0n) is 20.9. The third-order valence-corrected chi connectivity index (χ3v) is 7.23. The summed E-state index contributed by atoms with van der Waals surface area (Å²) < 4.78 is 46.0. The molecule has 198 valence electrons. The number of alkyl halides is 3. The average molecular weight is 532 g/mol. The van der Waals surface area contributed by atoms with E-state index < -0.39 is 17.9 Å². The quantitative estimate of drug-likeness (QED) is 0.325. The zero-order chi connectivity index (χ0) is 27.1. The number of benzene rings is 2. The van der Waals surface area contributed by atoms with Gasteiger partial charge in [-0.2, -0.15) is 13.2 Å². The van der Waals surface area contributed by atoms with Crippen molar-refractivity contribution in [1.82, 2.24) is 15.2 Å². The minimum Gasteiger partial charge on any atom is -0.402 e. The van der Waals surface area contributed by atoms with Crippen molar-refractivity contribution in [3.05, 3.63) is 94.7 Å². The van der Waals surface area contributed by atoms with Gasteiger partial charge < -0.3 is 9.73 Å². The van der Waals surface area contributed by atoms with Crippen molar-refractivity contribution in [2.75, 3.05) is 5.32 Å². The minimum absolute atomic E-state index is 0.0143. The van der Waals surface area contributed by atoms with Crippen LogP contribution < -0.4 is 5.32 Å². The second kappa shape index (κ2) is 9.76. The van der Waals surface area contributed by atoms with Crippen LogP contribution >= 0.6 is 0 Å². The lowest BCUT2D eigenvalue weighted by molar-refractivity contribution is -0.137. The van der Waals surface area contributed by atoms with Crippen molar-refractivity contribution in [3.8, 4) is 11.6 Å². The Bertz CT molecular complexity index is 1560. The molecule has 2 aromatic carbocycles. The van der Waals surface area contributed by atoms with E-state index in [0.29, 0.717) is 11.3 Å². The molecular formula is C29H24F3N5O2. The molecular weight excluding hydrogens is 507 g/mol. The molecule has 6 rings (SSSR count). The number of aromatic nitrogens is 3. The highest BCUT2D eigenvalue weighted by Gasteiger charge is 2.41. The number of nitrogens with one attached hydrogen (secondary N) is 1. The Morgan fingerprint density at radius 3 is 2.56 bits per heavy atom. The topological polar surface area (TPSA) is 93.3 Å². The van der Waals surface area contributed by atoms with Crippen LogP contribution in [0.3, 0.4) is 0 Å². The Balaban J connectivity index is 1.33. The highest BCUT2D eigenvalue weighted by molar-refractivity contribution is 6.16. The van der Waals surface area contributed by atoms with Crippen molar-refractivity contribution in [3.63, 3.8) is 0 Å². The van der Waals surface area contributed by atoms with E-state index in [-0.39, 0.29) is 41.6 Å². The molecule has 1 aliphatic carbocycles. The van der Waals surface area contributed by atoms with Gasteiger partial charge in [-0.15, -0.1) is 5.10 Å². The molecule has 3 heterocycles. The molecule has 10 heteroatoms. The standard InChI is InChI=1S/C29H24F3N5O2/c1-2-16-12-21(16)22-14-19(29(30,31)32)15-33-25(22)27-36-37-28(39-27)35-26-23(38)13-18-10-6-7-11-20(18)24(34-26)17-8-4-3-5-9-17/h3-11,14-16,21,26H,2,12-13H2,1H3,(H,35,37)/t16-,21-,26-/m0/s1. The van der Waals surface area contributed by atoms with Gasteiger partial charge in [-0.3, -0.25) is 14.8 Å². The molecule has 2 aromatic heterocycles. The SMILES string of the molecule is CC[C@H]1C[C@@H]1c1cc(C(F)(F)F)cnc1-c1nnc(N[C@@H]2N=C(c3ccccc3)c3ccccc3CC2=O)o1. The number of carbonyl (C=O) groups is 1. The number of aliphatic imine (C=N–C) groups is 1. The fourth-order valence-corrected chi connectivity index (χ4v) is 5.07. The number of fused-ring (bicyclic) bond motifs is 1. The maximum atomic E-state index is 13.4. The minimum atomic E-state index is -4.51. The van der Waals surface area contributed by atoms with Crippen molar-refractivity contribution < 1.29 is 22.4 Å². The Hall–Kier alpha value is -4.34. The summed E-state index contributed by atoms with van der Waals surface area (Å²) in [4.78, 5) is 22.0. The molecule has 1 fully saturated rings. The van der Waals surface area contributed by atoms with Crippen LogP contribution in [0.1, 0.15) is 53.5 Å². The summed E-state index contributed by atoms with van der Waals surface area (Å²) in [6.45, 7) is 2.01. The summed E-state index contributed by atoms with van der Waals surface area (Å²) >= 11 is 0. The maximum Gasteiger partial charge on any atom is 0.417 e. The Morgan fingerprint density at radius 2 is 1.82 bits per heavy atom. The van der Waals surface area contributed by atoms with E-state index in [0.717, 1.165) is 41.8 Å². The van der Waals surface area contributed by atoms with Gasteiger partial charge in [0, 0.05) is 23.7 Å². The van der Waals surface area contributed by atoms with Gasteiger partial charge in [0.25, 0.3) is 5.89 Å². The lowest BCUT2D eigenvalue weighted by atomic mass is 9.96. The second-order valence-corrected chi connectivity index (χ2v) is 9.77. The Labute approximate surface area is 222 Å². The smallest absolute Gasteiger partial charge is 0.402 e. The first-order chi connectivity index (χ1) is 18.8. The van der Waals surface area contributed by atoms with Crippen molar-refractivity contribution >= 4 is 17.5 Å². The molecule has 1 N–H and O–H groups in total. The van der Waals surface area contributed by atoms with Gasteiger partial charge in [-0.25, -0.2) is 0 Å². The van der Waals surface area contributed by atoms with Gasteiger partial charge in [0.2, 0.25) is 0 Å². The number of pyridine rings is 1. The largest absolute Gasteiger partial charge is 0.417 e. The van der Waals surface area contributed by atoms with Crippen LogP contribution in [0.4, 0.5) is 19.2 Å². The molecule has 3 atom stereocenters. The van der Waals surface area contributed by atoms with Crippen molar-refractivity contribution in [2.45, 2.75) is 44.4 Å². The summed E-state index contributed by atoms with van der Waals surface area (Å²) in [7, 11) is 0. The molecule has 2 aliphatic rings. The Morgan fingerprint density at radius 1 is 1.05 bits per heavy atom. The lowest BCUT2D eigenvalue weighted by Gasteiger charge is -2.12. The van der Waals surface area contributed by atoms with Crippen molar-refractivity contribution in [2.24, 2.45) is 10.9 Å². The number of carbonyl (C=O) groups excluding carboxylic acids is 1. The molecule has 7 nitrogen and oxygen atoms in total. The fraction of sp³-hybridized carbons (Fsp3) is 0.276. The first-order valence-corrected chi connectivity index (χ1v) is 12.7. The number of rotatable bonds is 6. The second-order valence-electron chi connectivity index (χ2n) is 9.77. The Kier molecular flexibility index (Phi) is 6.25. The predicted molar refractivity (Wildman–Crippen MR) is 138 cm³/mol. The third kappa shape index (κ3) is 4.94. The van der Waals surface area contributed by atoms with E-state index in [1.54, 1.807) is 0 Å². The first-order valence-electron chi connectivity index (χ1n) is 12.7. The number of hydrogen-bond donors (Lipinski definition) is 1. The molecule has 0 spiro atoms. The van der Waals surface area contributed by atoms with Crippen LogP contribution in [0.15, 0.2) is 76.3 Å². The van der Waals surface area contributed by atoms with E-state index in [2.05, 4.69) is 20.5 Å². The number of ketones is 1. The highest BCUT2D eigenvalue weighted by atomic mass is 19.4. The normalized spacial score (nSPS) is 20.7. The monoisotopic (exact) mass is 531 g/mol. The van der Waals surface area contributed by atoms with Gasteiger partial charge in [-0.05, 0) is 35.4 Å². The highest BCUT2D eigenvalue weighted by Crippen LogP contribution is 2.52. The van der Waals surface area contributed by atoms with E-state index in [1.165, 1.54) is 0 Å².